The second-order valence-electron chi connectivity index (χ2n) is 7.06. The number of ether oxygens (including phenoxy) is 1. The first kappa shape index (κ1) is 20.5. The fourth-order valence-corrected chi connectivity index (χ4v) is 3.58. The van der Waals surface area contributed by atoms with E-state index < -0.39 is 0 Å². The molecule has 0 spiro atoms. The second-order valence-corrected chi connectivity index (χ2v) is 7.90. The topological polar surface area (TPSA) is 58.6 Å². The van der Waals surface area contributed by atoms with Crippen molar-refractivity contribution >= 4 is 40.7 Å². The summed E-state index contributed by atoms with van der Waals surface area (Å²) in [5.74, 6) is 0.223. The highest BCUT2D eigenvalue weighted by atomic mass is 35.5. The minimum atomic E-state index is -0.295. The van der Waals surface area contributed by atoms with E-state index in [2.05, 4.69) is 5.32 Å². The number of nitrogens with one attached hydrogen (secondary N) is 1. The Hall–Kier alpha value is -2.24. The van der Waals surface area contributed by atoms with Crippen molar-refractivity contribution in [1.29, 1.82) is 0 Å². The molecular formula is C21H22Cl2N2O3. The highest BCUT2D eigenvalue weighted by Gasteiger charge is 2.22. The van der Waals surface area contributed by atoms with E-state index in [0.717, 1.165) is 18.5 Å². The third kappa shape index (κ3) is 4.97. The first-order valence-corrected chi connectivity index (χ1v) is 9.87. The summed E-state index contributed by atoms with van der Waals surface area (Å²) in [7, 11) is 0. The lowest BCUT2D eigenvalue weighted by Crippen LogP contribution is -2.38. The average molecular weight is 421 g/mol. The molecule has 2 aromatic rings. The predicted octanol–water partition coefficient (Wildman–Crippen LogP) is 4.55. The second kappa shape index (κ2) is 8.84. The van der Waals surface area contributed by atoms with Gasteiger partial charge in [0, 0.05) is 29.7 Å². The molecule has 0 radical (unpaired) electrons. The molecule has 2 aromatic carbocycles. The number of hydrogen-bond donors (Lipinski definition) is 1. The average Bonchev–Trinajstić information content (AvgIpc) is 2.66. The minimum Gasteiger partial charge on any atom is -0.482 e. The maximum absolute atomic E-state index is 12.3. The Balaban J connectivity index is 1.61. The first-order chi connectivity index (χ1) is 13.3. The number of benzene rings is 2. The van der Waals surface area contributed by atoms with Gasteiger partial charge in [0.25, 0.3) is 5.91 Å². The Kier molecular flexibility index (Phi) is 6.47. The van der Waals surface area contributed by atoms with Crippen molar-refractivity contribution < 1.29 is 14.3 Å². The molecule has 0 bridgehead atoms. The Morgan fingerprint density at radius 2 is 1.93 bits per heavy atom. The zero-order valence-electron chi connectivity index (χ0n) is 15.8. The molecule has 1 aliphatic heterocycles. The molecule has 28 heavy (non-hydrogen) atoms. The zero-order chi connectivity index (χ0) is 20.3. The Morgan fingerprint density at radius 1 is 1.14 bits per heavy atom. The van der Waals surface area contributed by atoms with E-state index in [0.29, 0.717) is 28.0 Å². The normalized spacial score (nSPS) is 13.2. The van der Waals surface area contributed by atoms with Crippen LogP contribution in [0.2, 0.25) is 10.0 Å². The van der Waals surface area contributed by atoms with E-state index in [4.69, 9.17) is 27.9 Å². The van der Waals surface area contributed by atoms with Gasteiger partial charge in [-0.25, -0.2) is 0 Å². The van der Waals surface area contributed by atoms with E-state index in [9.17, 15) is 9.59 Å². The number of amides is 2. The molecule has 1 heterocycles. The summed E-state index contributed by atoms with van der Waals surface area (Å²) in [6.45, 7) is 4.93. The van der Waals surface area contributed by atoms with Gasteiger partial charge in [-0.15, -0.1) is 0 Å². The SMILES string of the molecule is CC(C)C(=O)N1CCc2ccc(NC(=O)COc3ccc(Cl)cc3Cl)cc2C1. The number of carbonyl (C=O) groups is 2. The van der Waals surface area contributed by atoms with E-state index in [1.54, 1.807) is 18.2 Å². The largest absolute Gasteiger partial charge is 0.482 e. The lowest BCUT2D eigenvalue weighted by molar-refractivity contribution is -0.135. The smallest absolute Gasteiger partial charge is 0.262 e. The van der Waals surface area contributed by atoms with Gasteiger partial charge < -0.3 is 15.0 Å². The van der Waals surface area contributed by atoms with Crippen molar-refractivity contribution in [2.75, 3.05) is 18.5 Å². The van der Waals surface area contributed by atoms with Gasteiger partial charge in [-0.2, -0.15) is 0 Å². The van der Waals surface area contributed by atoms with Crippen molar-refractivity contribution in [3.63, 3.8) is 0 Å². The van der Waals surface area contributed by atoms with E-state index >= 15 is 0 Å². The maximum Gasteiger partial charge on any atom is 0.262 e. The van der Waals surface area contributed by atoms with Crippen LogP contribution in [0.5, 0.6) is 5.75 Å². The minimum absolute atomic E-state index is 0.0266. The first-order valence-electron chi connectivity index (χ1n) is 9.12. The number of nitrogens with zero attached hydrogens (tertiary/aromatic N) is 1. The lowest BCUT2D eigenvalue weighted by atomic mass is 9.98. The van der Waals surface area contributed by atoms with Crippen LogP contribution in [0.25, 0.3) is 0 Å². The Bertz CT molecular complexity index is 899. The Labute approximate surface area is 174 Å². The molecule has 2 amide bonds. The molecule has 1 aliphatic rings. The number of anilines is 1. The standard InChI is InChI=1S/C21H22Cl2N2O3/c1-13(2)21(27)25-8-7-14-3-5-17(9-15(14)11-25)24-20(26)12-28-19-6-4-16(22)10-18(19)23/h3-6,9-10,13H,7-8,11-12H2,1-2H3,(H,24,26). The summed E-state index contributed by atoms with van der Waals surface area (Å²) in [5.41, 5.74) is 2.93. The molecule has 5 nitrogen and oxygen atoms in total. The van der Waals surface area contributed by atoms with Crippen LogP contribution in [0, 0.1) is 5.92 Å². The number of fused-ring (bicyclic) bond motifs is 1. The Morgan fingerprint density at radius 3 is 2.64 bits per heavy atom. The number of carbonyl (C=O) groups excluding carboxylic acids is 2. The van der Waals surface area contributed by atoms with Crippen molar-refractivity contribution in [2.24, 2.45) is 5.92 Å². The highest BCUT2D eigenvalue weighted by molar-refractivity contribution is 6.35. The van der Waals surface area contributed by atoms with Crippen LogP contribution in [0.4, 0.5) is 5.69 Å². The summed E-state index contributed by atoms with van der Waals surface area (Å²) >= 11 is 11.9. The van der Waals surface area contributed by atoms with Crippen molar-refractivity contribution in [3.8, 4) is 5.75 Å². The van der Waals surface area contributed by atoms with Crippen LogP contribution < -0.4 is 10.1 Å². The molecule has 0 saturated carbocycles. The van der Waals surface area contributed by atoms with Crippen molar-refractivity contribution in [1.82, 2.24) is 4.90 Å². The van der Waals surface area contributed by atoms with Gasteiger partial charge in [0.05, 0.1) is 5.02 Å². The van der Waals surface area contributed by atoms with Crippen LogP contribution in [-0.4, -0.2) is 29.9 Å². The number of hydrogen-bond acceptors (Lipinski definition) is 3. The van der Waals surface area contributed by atoms with Crippen molar-refractivity contribution in [2.45, 2.75) is 26.8 Å². The summed E-state index contributed by atoms with van der Waals surface area (Å²) in [6, 6.07) is 10.6. The molecule has 3 rings (SSSR count). The quantitative estimate of drug-likeness (QED) is 0.771. The fourth-order valence-electron chi connectivity index (χ4n) is 3.12. The van der Waals surface area contributed by atoms with Gasteiger partial charge in [0.2, 0.25) is 5.91 Å². The highest BCUT2D eigenvalue weighted by Crippen LogP contribution is 2.27. The van der Waals surface area contributed by atoms with Crippen molar-refractivity contribution in [3.05, 3.63) is 57.6 Å². The molecule has 0 saturated heterocycles. The van der Waals surface area contributed by atoms with Gasteiger partial charge in [0.1, 0.15) is 5.75 Å². The molecule has 1 N–H and O–H groups in total. The molecule has 0 atom stereocenters. The fraction of sp³-hybridized carbons (Fsp3) is 0.333. The maximum atomic E-state index is 12.3. The predicted molar refractivity (Wildman–Crippen MR) is 111 cm³/mol. The molecule has 148 valence electrons. The van der Waals surface area contributed by atoms with E-state index in [-0.39, 0.29) is 24.3 Å². The van der Waals surface area contributed by atoms with E-state index in [1.165, 1.54) is 5.56 Å². The van der Waals surface area contributed by atoms with Crippen LogP contribution in [0.3, 0.4) is 0 Å². The zero-order valence-corrected chi connectivity index (χ0v) is 17.3. The molecule has 0 aromatic heterocycles. The molecule has 0 fully saturated rings. The lowest BCUT2D eigenvalue weighted by Gasteiger charge is -2.30. The third-order valence-corrected chi connectivity index (χ3v) is 5.09. The van der Waals surface area contributed by atoms with Gasteiger partial charge >= 0.3 is 0 Å². The van der Waals surface area contributed by atoms with Gasteiger partial charge in [0.15, 0.2) is 6.61 Å². The van der Waals surface area contributed by atoms with Gasteiger partial charge in [-0.3, -0.25) is 9.59 Å². The van der Waals surface area contributed by atoms with E-state index in [1.807, 2.05) is 36.9 Å². The summed E-state index contributed by atoms with van der Waals surface area (Å²) in [6.07, 6.45) is 0.820. The van der Waals surface area contributed by atoms with Gasteiger partial charge in [-0.05, 0) is 47.9 Å². The number of halogens is 2. The third-order valence-electron chi connectivity index (χ3n) is 4.56. The monoisotopic (exact) mass is 420 g/mol. The molecule has 0 unspecified atom stereocenters. The molecular weight excluding hydrogens is 399 g/mol. The summed E-state index contributed by atoms with van der Waals surface area (Å²) in [4.78, 5) is 26.3. The van der Waals surface area contributed by atoms with Crippen LogP contribution >= 0.6 is 23.2 Å². The van der Waals surface area contributed by atoms with Gasteiger partial charge in [-0.1, -0.05) is 43.1 Å². The summed E-state index contributed by atoms with van der Waals surface area (Å²) in [5, 5.41) is 3.68. The van der Waals surface area contributed by atoms with Crippen LogP contribution in [0.1, 0.15) is 25.0 Å². The van der Waals surface area contributed by atoms with Crippen LogP contribution in [0.15, 0.2) is 36.4 Å². The van der Waals surface area contributed by atoms with Crippen LogP contribution in [-0.2, 0) is 22.6 Å². The molecule has 0 aliphatic carbocycles. The number of rotatable bonds is 5. The summed E-state index contributed by atoms with van der Waals surface area (Å²) < 4.78 is 5.46. The molecule has 7 heteroatoms.